The van der Waals surface area contributed by atoms with Crippen LogP contribution in [0, 0.1) is 0 Å². The van der Waals surface area contributed by atoms with Crippen LogP contribution < -0.4 is 0 Å². The van der Waals surface area contributed by atoms with Crippen molar-refractivity contribution in [3.8, 4) is 0 Å². The van der Waals surface area contributed by atoms with Crippen molar-refractivity contribution in [2.24, 2.45) is 0 Å². The van der Waals surface area contributed by atoms with Crippen LogP contribution in [0.3, 0.4) is 0 Å². The first-order chi connectivity index (χ1) is 10.6. The van der Waals surface area contributed by atoms with E-state index in [0.29, 0.717) is 0 Å². The van der Waals surface area contributed by atoms with Crippen molar-refractivity contribution in [2.75, 3.05) is 6.61 Å². The first kappa shape index (κ1) is 20.9. The Labute approximate surface area is 144 Å². The molecule has 0 radical (unpaired) electrons. The van der Waals surface area contributed by atoms with Gasteiger partial charge in [0.25, 0.3) is 0 Å². The predicted molar refractivity (Wildman–Crippen MR) is 96.8 cm³/mol. The van der Waals surface area contributed by atoms with Crippen LogP contribution >= 0.6 is 0 Å². The Balaban J connectivity index is 2.29. The molecular weight excluding hydrogens is 288 g/mol. The van der Waals surface area contributed by atoms with Gasteiger partial charge >= 0.3 is 0 Å². The van der Waals surface area contributed by atoms with Crippen molar-refractivity contribution in [1.82, 2.24) is 0 Å². The first-order valence-corrected chi connectivity index (χ1v) is 9.66. The first-order valence-electron chi connectivity index (χ1n) is 9.66. The van der Waals surface area contributed by atoms with Crippen LogP contribution in [0.2, 0.25) is 0 Å². The summed E-state index contributed by atoms with van der Waals surface area (Å²) >= 11 is 0. The lowest BCUT2D eigenvalue weighted by Crippen LogP contribution is -2.66. The molecule has 0 N–H and O–H groups in total. The molecule has 0 aromatic carbocycles. The number of hydrogen-bond donors (Lipinski definition) is 0. The molecule has 23 heavy (non-hydrogen) atoms. The standard InChI is InChI=1S/C20H40O3/c1-8-9-10-11-12-13-14-15-16-21-20(7)19(5,6)22-17(2)18(3,4)23-20/h17H,8-16H2,1-7H3. The molecule has 3 nitrogen and oxygen atoms in total. The van der Waals surface area contributed by atoms with Gasteiger partial charge in [-0.15, -0.1) is 0 Å². The molecular formula is C20H40O3. The zero-order valence-electron chi connectivity index (χ0n) is 16.7. The molecule has 1 aliphatic rings. The van der Waals surface area contributed by atoms with E-state index in [-0.39, 0.29) is 11.7 Å². The van der Waals surface area contributed by atoms with E-state index in [1.54, 1.807) is 0 Å². The van der Waals surface area contributed by atoms with Crippen molar-refractivity contribution in [1.29, 1.82) is 0 Å². The Morgan fingerprint density at radius 2 is 1.35 bits per heavy atom. The third-order valence-corrected chi connectivity index (χ3v) is 5.38. The molecule has 0 aliphatic carbocycles. The van der Waals surface area contributed by atoms with Crippen LogP contribution in [0.4, 0.5) is 0 Å². The Morgan fingerprint density at radius 3 is 1.91 bits per heavy atom. The monoisotopic (exact) mass is 328 g/mol. The number of rotatable bonds is 10. The van der Waals surface area contributed by atoms with Gasteiger partial charge in [-0.3, -0.25) is 0 Å². The van der Waals surface area contributed by atoms with Gasteiger partial charge in [-0.2, -0.15) is 0 Å². The summed E-state index contributed by atoms with van der Waals surface area (Å²) in [6.07, 6.45) is 10.5. The molecule has 1 fully saturated rings. The number of hydrogen-bond acceptors (Lipinski definition) is 3. The average Bonchev–Trinajstić information content (AvgIpc) is 2.43. The lowest BCUT2D eigenvalue weighted by atomic mass is 9.90. The molecule has 0 bridgehead atoms. The highest BCUT2D eigenvalue weighted by Crippen LogP contribution is 2.42. The minimum Gasteiger partial charge on any atom is -0.364 e. The van der Waals surface area contributed by atoms with E-state index in [0.717, 1.165) is 13.0 Å². The largest absolute Gasteiger partial charge is 0.364 e. The van der Waals surface area contributed by atoms with Crippen molar-refractivity contribution >= 4 is 0 Å². The third-order valence-electron chi connectivity index (χ3n) is 5.38. The normalized spacial score (nSPS) is 29.6. The van der Waals surface area contributed by atoms with E-state index in [2.05, 4.69) is 41.5 Å². The van der Waals surface area contributed by atoms with Gasteiger partial charge < -0.3 is 14.2 Å². The van der Waals surface area contributed by atoms with Crippen molar-refractivity contribution < 1.29 is 14.2 Å². The molecule has 1 saturated heterocycles. The summed E-state index contributed by atoms with van der Waals surface area (Å²) in [5.74, 6) is -0.690. The fourth-order valence-corrected chi connectivity index (χ4v) is 3.10. The van der Waals surface area contributed by atoms with Crippen molar-refractivity contribution in [2.45, 2.75) is 123 Å². The summed E-state index contributed by atoms with van der Waals surface area (Å²) in [6, 6.07) is 0. The molecule has 1 rings (SSSR count). The minimum absolute atomic E-state index is 0.0531. The van der Waals surface area contributed by atoms with E-state index >= 15 is 0 Å². The molecule has 0 amide bonds. The molecule has 1 aliphatic heterocycles. The molecule has 2 atom stereocenters. The van der Waals surface area contributed by atoms with Gasteiger partial charge in [-0.1, -0.05) is 51.9 Å². The summed E-state index contributed by atoms with van der Waals surface area (Å²) < 4.78 is 18.7. The highest BCUT2D eigenvalue weighted by atomic mass is 16.8. The second kappa shape index (κ2) is 8.82. The summed E-state index contributed by atoms with van der Waals surface area (Å²) in [4.78, 5) is 0. The van der Waals surface area contributed by atoms with Crippen LogP contribution in [0.25, 0.3) is 0 Å². The quantitative estimate of drug-likeness (QED) is 0.471. The molecule has 3 heteroatoms. The lowest BCUT2D eigenvalue weighted by Gasteiger charge is -2.55. The highest BCUT2D eigenvalue weighted by molar-refractivity contribution is 4.96. The van der Waals surface area contributed by atoms with E-state index in [4.69, 9.17) is 14.2 Å². The van der Waals surface area contributed by atoms with Gasteiger partial charge in [0, 0.05) is 0 Å². The zero-order chi connectivity index (χ0) is 17.6. The summed E-state index contributed by atoms with van der Waals surface area (Å²) in [5, 5.41) is 0. The van der Waals surface area contributed by atoms with E-state index in [1.807, 2.05) is 6.92 Å². The molecule has 0 aromatic rings. The fourth-order valence-electron chi connectivity index (χ4n) is 3.10. The smallest absolute Gasteiger partial charge is 0.194 e. The van der Waals surface area contributed by atoms with E-state index < -0.39 is 11.4 Å². The Kier molecular flexibility index (Phi) is 8.03. The Morgan fingerprint density at radius 1 is 0.826 bits per heavy atom. The highest BCUT2D eigenvalue weighted by Gasteiger charge is 2.55. The summed E-state index contributed by atoms with van der Waals surface area (Å²) in [7, 11) is 0. The van der Waals surface area contributed by atoms with Crippen molar-refractivity contribution in [3.05, 3.63) is 0 Å². The zero-order valence-corrected chi connectivity index (χ0v) is 16.7. The lowest BCUT2D eigenvalue weighted by molar-refractivity contribution is -0.407. The molecule has 0 spiro atoms. The third kappa shape index (κ3) is 6.03. The van der Waals surface area contributed by atoms with Crippen molar-refractivity contribution in [3.63, 3.8) is 0 Å². The van der Waals surface area contributed by atoms with Crippen LogP contribution in [-0.2, 0) is 14.2 Å². The van der Waals surface area contributed by atoms with Crippen LogP contribution in [0.15, 0.2) is 0 Å². The summed E-state index contributed by atoms with van der Waals surface area (Å²) in [6.45, 7) is 15.4. The Bertz CT molecular complexity index is 338. The molecule has 1 heterocycles. The van der Waals surface area contributed by atoms with Gasteiger partial charge in [0.2, 0.25) is 0 Å². The summed E-state index contributed by atoms with van der Waals surface area (Å²) in [5.41, 5.74) is -0.772. The molecule has 0 saturated carbocycles. The maximum atomic E-state index is 6.31. The maximum Gasteiger partial charge on any atom is 0.194 e. The predicted octanol–water partition coefficient (Wildman–Crippen LogP) is 5.85. The Hall–Kier alpha value is -0.120. The van der Waals surface area contributed by atoms with Gasteiger partial charge in [-0.05, 0) is 48.0 Å². The van der Waals surface area contributed by atoms with Gasteiger partial charge in [0.1, 0.15) is 5.60 Å². The van der Waals surface area contributed by atoms with Gasteiger partial charge in [-0.25, -0.2) is 0 Å². The fraction of sp³-hybridized carbons (Fsp3) is 1.00. The van der Waals surface area contributed by atoms with Crippen LogP contribution in [0.1, 0.15) is 99.8 Å². The van der Waals surface area contributed by atoms with E-state index in [1.165, 1.54) is 44.9 Å². The van der Waals surface area contributed by atoms with Gasteiger partial charge in [0.05, 0.1) is 18.3 Å². The SMILES string of the molecule is CCCCCCCCCCOC1(C)OC(C)(C)C(C)OC1(C)C. The minimum atomic E-state index is -0.690. The number of ether oxygens (including phenoxy) is 3. The molecule has 2 unspecified atom stereocenters. The van der Waals surface area contributed by atoms with Crippen LogP contribution in [-0.4, -0.2) is 29.7 Å². The van der Waals surface area contributed by atoms with Gasteiger partial charge in [0.15, 0.2) is 5.79 Å². The van der Waals surface area contributed by atoms with E-state index in [9.17, 15) is 0 Å². The molecule has 138 valence electrons. The second-order valence-corrected chi connectivity index (χ2v) is 8.24. The van der Waals surface area contributed by atoms with Crippen LogP contribution in [0.5, 0.6) is 0 Å². The average molecular weight is 329 g/mol. The second-order valence-electron chi connectivity index (χ2n) is 8.24. The molecule has 0 aromatic heterocycles. The number of unbranched alkanes of at least 4 members (excludes halogenated alkanes) is 7. The maximum absolute atomic E-state index is 6.31. The topological polar surface area (TPSA) is 27.7 Å².